The minimum absolute atomic E-state index is 0.236. The molecule has 0 aliphatic heterocycles. The maximum atomic E-state index is 12.9. The maximum Gasteiger partial charge on any atom is 0.328 e. The number of halogens is 1. The van der Waals surface area contributed by atoms with E-state index in [0.29, 0.717) is 17.9 Å². The van der Waals surface area contributed by atoms with Gasteiger partial charge in [0.05, 0.1) is 7.11 Å². The molecule has 0 unspecified atom stereocenters. The first-order valence-electron chi connectivity index (χ1n) is 9.16. The van der Waals surface area contributed by atoms with Crippen LogP contribution in [0.25, 0.3) is 10.8 Å². The molecular formula is C21H24BrNO3. The van der Waals surface area contributed by atoms with E-state index in [-0.39, 0.29) is 11.9 Å². The molecule has 0 aromatic heterocycles. The Hall–Kier alpha value is -1.88. The van der Waals surface area contributed by atoms with Gasteiger partial charge in [-0.25, -0.2) is 4.79 Å². The Bertz CT molecular complexity index is 799. The van der Waals surface area contributed by atoms with Gasteiger partial charge in [-0.3, -0.25) is 4.79 Å². The summed E-state index contributed by atoms with van der Waals surface area (Å²) >= 11 is 3.53. The van der Waals surface area contributed by atoms with E-state index in [1.54, 1.807) is 6.07 Å². The fourth-order valence-electron chi connectivity index (χ4n) is 3.81. The highest BCUT2D eigenvalue weighted by atomic mass is 79.9. The minimum atomic E-state index is -0.599. The van der Waals surface area contributed by atoms with Gasteiger partial charge in [-0.05, 0) is 35.2 Å². The predicted octanol–water partition coefficient (Wildman–Crippen LogP) is 4.84. The number of esters is 1. The third-order valence-corrected chi connectivity index (χ3v) is 5.89. The number of amides is 1. The number of hydrogen-bond donors (Lipinski definition) is 1. The molecule has 1 atom stereocenters. The summed E-state index contributed by atoms with van der Waals surface area (Å²) in [5.41, 5.74) is 0.571. The highest BCUT2D eigenvalue weighted by Crippen LogP contribution is 2.29. The Morgan fingerprint density at radius 2 is 1.81 bits per heavy atom. The molecule has 0 bridgehead atoms. The lowest BCUT2D eigenvalue weighted by Crippen LogP contribution is -2.43. The molecule has 1 fully saturated rings. The monoisotopic (exact) mass is 417 g/mol. The number of carbonyl (C=O) groups excluding carboxylic acids is 2. The summed E-state index contributed by atoms with van der Waals surface area (Å²) < 4.78 is 5.88. The van der Waals surface area contributed by atoms with Crippen LogP contribution in [0.5, 0.6) is 0 Å². The zero-order chi connectivity index (χ0) is 18.5. The van der Waals surface area contributed by atoms with Crippen LogP contribution in [0.3, 0.4) is 0 Å². The largest absolute Gasteiger partial charge is 0.467 e. The predicted molar refractivity (Wildman–Crippen MR) is 106 cm³/mol. The molecule has 138 valence electrons. The summed E-state index contributed by atoms with van der Waals surface area (Å²) in [7, 11) is 1.37. The molecule has 1 aliphatic rings. The van der Waals surface area contributed by atoms with E-state index in [1.807, 2.05) is 30.3 Å². The molecular weight excluding hydrogens is 394 g/mol. The molecule has 3 rings (SSSR count). The third-order valence-electron chi connectivity index (χ3n) is 5.20. The van der Waals surface area contributed by atoms with Crippen molar-refractivity contribution in [1.82, 2.24) is 5.32 Å². The summed E-state index contributed by atoms with van der Waals surface area (Å²) in [6, 6.07) is 10.8. The van der Waals surface area contributed by atoms with E-state index in [0.717, 1.165) is 28.1 Å². The molecule has 0 spiro atoms. The molecule has 1 saturated carbocycles. The van der Waals surface area contributed by atoms with Gasteiger partial charge in [0.15, 0.2) is 0 Å². The number of hydrogen-bond acceptors (Lipinski definition) is 3. The Morgan fingerprint density at radius 1 is 1.12 bits per heavy atom. The van der Waals surface area contributed by atoms with Crippen molar-refractivity contribution < 1.29 is 14.3 Å². The molecule has 5 heteroatoms. The number of methoxy groups -OCH3 is 1. The Balaban J connectivity index is 1.81. The van der Waals surface area contributed by atoms with Gasteiger partial charge in [0.2, 0.25) is 0 Å². The number of benzene rings is 2. The SMILES string of the molecule is COC(=O)[C@@H](CC1CCCCC1)NC(=O)c1ccc(Br)c2ccccc12. The third kappa shape index (κ3) is 4.26. The first kappa shape index (κ1) is 18.9. The van der Waals surface area contributed by atoms with Crippen LogP contribution >= 0.6 is 15.9 Å². The molecule has 2 aromatic rings. The van der Waals surface area contributed by atoms with E-state index in [4.69, 9.17) is 4.74 Å². The maximum absolute atomic E-state index is 12.9. The molecule has 0 radical (unpaired) electrons. The van der Waals surface area contributed by atoms with E-state index in [1.165, 1.54) is 26.4 Å². The van der Waals surface area contributed by atoms with Crippen molar-refractivity contribution in [2.45, 2.75) is 44.6 Å². The van der Waals surface area contributed by atoms with E-state index < -0.39 is 6.04 Å². The van der Waals surface area contributed by atoms with Gasteiger partial charge >= 0.3 is 5.97 Å². The highest BCUT2D eigenvalue weighted by Gasteiger charge is 2.27. The normalized spacial score (nSPS) is 16.2. The van der Waals surface area contributed by atoms with E-state index in [9.17, 15) is 9.59 Å². The molecule has 0 saturated heterocycles. The average Bonchev–Trinajstić information content (AvgIpc) is 2.68. The van der Waals surface area contributed by atoms with Gasteiger partial charge in [0.1, 0.15) is 6.04 Å². The zero-order valence-corrected chi connectivity index (χ0v) is 16.6. The standard InChI is InChI=1S/C21H24BrNO3/c1-26-21(25)19(13-14-7-3-2-4-8-14)23-20(24)17-11-12-18(22)16-10-6-5-9-15(16)17/h5-6,9-12,14,19H,2-4,7-8,13H2,1H3,(H,23,24)/t19-/m1/s1. The van der Waals surface area contributed by atoms with Gasteiger partial charge in [-0.15, -0.1) is 0 Å². The lowest BCUT2D eigenvalue weighted by Gasteiger charge is -2.26. The molecule has 1 aliphatic carbocycles. The molecule has 26 heavy (non-hydrogen) atoms. The van der Waals surface area contributed by atoms with Crippen molar-refractivity contribution in [3.63, 3.8) is 0 Å². The molecule has 4 nitrogen and oxygen atoms in total. The summed E-state index contributed by atoms with van der Waals surface area (Å²) in [5, 5.41) is 4.75. The van der Waals surface area contributed by atoms with Gasteiger partial charge in [-0.1, -0.05) is 72.3 Å². The smallest absolute Gasteiger partial charge is 0.328 e. The van der Waals surface area contributed by atoms with Crippen molar-refractivity contribution in [3.8, 4) is 0 Å². The Kier molecular flexibility index (Phi) is 6.30. The van der Waals surface area contributed by atoms with Crippen LogP contribution in [0.1, 0.15) is 48.9 Å². The second-order valence-corrected chi connectivity index (χ2v) is 7.78. The second-order valence-electron chi connectivity index (χ2n) is 6.93. The van der Waals surface area contributed by atoms with Gasteiger partial charge < -0.3 is 10.1 Å². The van der Waals surface area contributed by atoms with Gasteiger partial charge in [0.25, 0.3) is 5.91 Å². The van der Waals surface area contributed by atoms with Crippen molar-refractivity contribution in [3.05, 3.63) is 46.4 Å². The molecule has 2 aromatic carbocycles. The summed E-state index contributed by atoms with van der Waals surface area (Å²) in [6.45, 7) is 0. The van der Waals surface area contributed by atoms with Crippen LogP contribution in [0, 0.1) is 5.92 Å². The van der Waals surface area contributed by atoms with Crippen LogP contribution < -0.4 is 5.32 Å². The topological polar surface area (TPSA) is 55.4 Å². The lowest BCUT2D eigenvalue weighted by atomic mass is 9.84. The van der Waals surface area contributed by atoms with Crippen LogP contribution in [-0.2, 0) is 9.53 Å². The van der Waals surface area contributed by atoms with Gasteiger partial charge in [0, 0.05) is 10.0 Å². The highest BCUT2D eigenvalue weighted by molar-refractivity contribution is 9.10. The van der Waals surface area contributed by atoms with Crippen LogP contribution in [0.2, 0.25) is 0 Å². The number of rotatable bonds is 5. The van der Waals surface area contributed by atoms with Crippen molar-refractivity contribution in [2.24, 2.45) is 5.92 Å². The van der Waals surface area contributed by atoms with Crippen molar-refractivity contribution >= 4 is 38.6 Å². The zero-order valence-electron chi connectivity index (χ0n) is 15.0. The quantitative estimate of drug-likeness (QED) is 0.707. The first-order chi connectivity index (χ1) is 12.6. The number of fused-ring (bicyclic) bond motifs is 1. The fraction of sp³-hybridized carbons (Fsp3) is 0.429. The summed E-state index contributed by atoms with van der Waals surface area (Å²) in [6.07, 6.45) is 6.53. The molecule has 0 heterocycles. The number of carbonyl (C=O) groups is 2. The van der Waals surface area contributed by atoms with E-state index in [2.05, 4.69) is 21.2 Å². The molecule has 1 amide bonds. The minimum Gasteiger partial charge on any atom is -0.467 e. The lowest BCUT2D eigenvalue weighted by molar-refractivity contribution is -0.143. The Labute approximate surface area is 162 Å². The van der Waals surface area contributed by atoms with Crippen LogP contribution in [0.15, 0.2) is 40.9 Å². The Morgan fingerprint density at radius 3 is 2.50 bits per heavy atom. The van der Waals surface area contributed by atoms with Crippen molar-refractivity contribution in [2.75, 3.05) is 7.11 Å². The van der Waals surface area contributed by atoms with Gasteiger partial charge in [-0.2, -0.15) is 0 Å². The van der Waals surface area contributed by atoms with Crippen LogP contribution in [0.4, 0.5) is 0 Å². The number of ether oxygens (including phenoxy) is 1. The fourth-order valence-corrected chi connectivity index (χ4v) is 4.29. The van der Waals surface area contributed by atoms with E-state index >= 15 is 0 Å². The first-order valence-corrected chi connectivity index (χ1v) is 9.95. The summed E-state index contributed by atoms with van der Waals surface area (Å²) in [4.78, 5) is 25.1. The molecule has 1 N–H and O–H groups in total. The number of nitrogens with one attached hydrogen (secondary N) is 1. The van der Waals surface area contributed by atoms with Crippen LogP contribution in [-0.4, -0.2) is 25.0 Å². The second kappa shape index (κ2) is 8.67. The average molecular weight is 418 g/mol. The van der Waals surface area contributed by atoms with Crippen molar-refractivity contribution in [1.29, 1.82) is 0 Å². The summed E-state index contributed by atoms with van der Waals surface area (Å²) in [5.74, 6) is -0.139.